The number of hydrogen-bond acceptors (Lipinski definition) is 5. The minimum absolute atomic E-state index is 0.00124. The molecule has 1 saturated heterocycles. The highest BCUT2D eigenvalue weighted by Gasteiger charge is 2.15. The van der Waals surface area contributed by atoms with Crippen LogP contribution in [0, 0.1) is 0 Å². The fourth-order valence-corrected chi connectivity index (χ4v) is 2.15. The minimum Gasteiger partial charge on any atom is -0.476 e. The molecule has 1 N–H and O–H groups in total. The van der Waals surface area contributed by atoms with Crippen molar-refractivity contribution in [3.63, 3.8) is 0 Å². The largest absolute Gasteiger partial charge is 0.476 e. The van der Waals surface area contributed by atoms with E-state index in [1.165, 1.54) is 29.9 Å². The Bertz CT molecular complexity index is 604. The van der Waals surface area contributed by atoms with Gasteiger partial charge in [-0.05, 0) is 18.9 Å². The third kappa shape index (κ3) is 2.26. The van der Waals surface area contributed by atoms with Gasteiger partial charge in [0.15, 0.2) is 11.5 Å². The van der Waals surface area contributed by atoms with Crippen LogP contribution in [0.2, 0.25) is 0 Å². The lowest BCUT2D eigenvalue weighted by Crippen LogP contribution is -2.19. The molecule has 2 aromatic heterocycles. The Hall–Kier alpha value is -2.44. The van der Waals surface area contributed by atoms with Crippen molar-refractivity contribution in [1.29, 1.82) is 0 Å². The number of carbonyl (C=O) groups is 1. The molecule has 0 saturated carbocycles. The maximum absolute atomic E-state index is 10.8. The van der Waals surface area contributed by atoms with Gasteiger partial charge in [-0.25, -0.2) is 19.4 Å². The molecule has 98 valence electrons. The zero-order chi connectivity index (χ0) is 13.2. The second-order valence-corrected chi connectivity index (χ2v) is 4.38. The molecular formula is C12H13N5O2. The van der Waals surface area contributed by atoms with Crippen LogP contribution in [0.5, 0.6) is 0 Å². The predicted molar refractivity (Wildman–Crippen MR) is 67.6 cm³/mol. The number of rotatable bonds is 3. The zero-order valence-corrected chi connectivity index (χ0v) is 10.2. The molecule has 0 bridgehead atoms. The van der Waals surface area contributed by atoms with Crippen molar-refractivity contribution in [1.82, 2.24) is 19.7 Å². The third-order valence-corrected chi connectivity index (χ3v) is 3.11. The smallest absolute Gasteiger partial charge is 0.356 e. The molecule has 19 heavy (non-hydrogen) atoms. The molecule has 7 nitrogen and oxygen atoms in total. The van der Waals surface area contributed by atoms with Gasteiger partial charge in [0.25, 0.3) is 0 Å². The Morgan fingerprint density at radius 2 is 1.95 bits per heavy atom. The van der Waals surface area contributed by atoms with Crippen LogP contribution in [-0.2, 0) is 0 Å². The highest BCUT2D eigenvalue weighted by atomic mass is 16.4. The Kier molecular flexibility index (Phi) is 2.86. The molecule has 0 aromatic carbocycles. The topological polar surface area (TPSA) is 84.1 Å². The molecule has 3 heterocycles. The first-order valence-corrected chi connectivity index (χ1v) is 6.10. The Labute approximate surface area is 109 Å². The fraction of sp³-hybridized carbons (Fsp3) is 0.333. The van der Waals surface area contributed by atoms with E-state index in [2.05, 4.69) is 20.0 Å². The summed E-state index contributed by atoms with van der Waals surface area (Å²) < 4.78 is 1.45. The maximum atomic E-state index is 10.8. The number of carboxylic acids is 1. The summed E-state index contributed by atoms with van der Waals surface area (Å²) in [5, 5.41) is 12.8. The number of aromatic carboxylic acids is 1. The fourth-order valence-electron chi connectivity index (χ4n) is 2.15. The van der Waals surface area contributed by atoms with Gasteiger partial charge in [0.1, 0.15) is 12.1 Å². The third-order valence-electron chi connectivity index (χ3n) is 3.11. The van der Waals surface area contributed by atoms with Crippen molar-refractivity contribution in [2.24, 2.45) is 0 Å². The maximum Gasteiger partial charge on any atom is 0.356 e. The number of aromatic nitrogens is 4. The first-order chi connectivity index (χ1) is 9.24. The van der Waals surface area contributed by atoms with Gasteiger partial charge in [-0.3, -0.25) is 0 Å². The predicted octanol–water partition coefficient (Wildman–Crippen LogP) is 0.961. The highest BCUT2D eigenvalue weighted by Crippen LogP contribution is 2.18. The molecule has 1 fully saturated rings. The number of hydrogen-bond donors (Lipinski definition) is 1. The molecule has 0 unspecified atom stereocenters. The summed E-state index contributed by atoms with van der Waals surface area (Å²) in [7, 11) is 0. The monoisotopic (exact) mass is 259 g/mol. The second kappa shape index (κ2) is 4.68. The lowest BCUT2D eigenvalue weighted by atomic mass is 10.4. The van der Waals surface area contributed by atoms with Gasteiger partial charge in [-0.1, -0.05) is 0 Å². The van der Waals surface area contributed by atoms with Gasteiger partial charge < -0.3 is 10.0 Å². The van der Waals surface area contributed by atoms with E-state index < -0.39 is 5.97 Å². The van der Waals surface area contributed by atoms with E-state index in [9.17, 15) is 4.79 Å². The van der Waals surface area contributed by atoms with Crippen molar-refractivity contribution in [3.8, 4) is 5.82 Å². The van der Waals surface area contributed by atoms with Crippen LogP contribution in [0.15, 0.2) is 24.7 Å². The van der Waals surface area contributed by atoms with Crippen molar-refractivity contribution in [3.05, 3.63) is 30.4 Å². The Morgan fingerprint density at radius 3 is 2.63 bits per heavy atom. The van der Waals surface area contributed by atoms with E-state index in [-0.39, 0.29) is 5.69 Å². The number of nitrogens with zero attached hydrogens (tertiary/aromatic N) is 5. The molecule has 7 heteroatoms. The summed E-state index contributed by atoms with van der Waals surface area (Å²) >= 11 is 0. The first-order valence-electron chi connectivity index (χ1n) is 6.10. The molecule has 0 spiro atoms. The van der Waals surface area contributed by atoms with Crippen molar-refractivity contribution in [2.45, 2.75) is 12.8 Å². The molecule has 1 aliphatic rings. The Morgan fingerprint density at radius 1 is 1.21 bits per heavy atom. The number of carboxylic acid groups (broad SMARTS) is 1. The summed E-state index contributed by atoms with van der Waals surface area (Å²) in [5.41, 5.74) is 0.00124. The van der Waals surface area contributed by atoms with Gasteiger partial charge in [0.05, 0.1) is 0 Å². The SMILES string of the molecule is O=C(O)c1ccn(-c2cc(N3CCCC3)ncn2)n1. The average Bonchev–Trinajstić information content (AvgIpc) is 3.10. The summed E-state index contributed by atoms with van der Waals surface area (Å²) in [4.78, 5) is 21.4. The van der Waals surface area contributed by atoms with Crippen LogP contribution < -0.4 is 4.90 Å². The first kappa shape index (κ1) is 11.6. The van der Waals surface area contributed by atoms with Crippen LogP contribution >= 0.6 is 0 Å². The highest BCUT2D eigenvalue weighted by molar-refractivity contribution is 5.85. The van der Waals surface area contributed by atoms with Crippen LogP contribution in [0.4, 0.5) is 5.82 Å². The lowest BCUT2D eigenvalue weighted by molar-refractivity contribution is 0.0690. The molecule has 0 aliphatic carbocycles. The molecule has 0 radical (unpaired) electrons. The van der Waals surface area contributed by atoms with Crippen LogP contribution in [0.1, 0.15) is 23.3 Å². The molecule has 0 atom stereocenters. The average molecular weight is 259 g/mol. The molecular weight excluding hydrogens is 246 g/mol. The Balaban J connectivity index is 1.91. The molecule has 0 amide bonds. The van der Waals surface area contributed by atoms with Crippen molar-refractivity contribution < 1.29 is 9.90 Å². The summed E-state index contributed by atoms with van der Waals surface area (Å²) in [6, 6.07) is 3.27. The summed E-state index contributed by atoms with van der Waals surface area (Å²) in [5.74, 6) is 0.381. The van der Waals surface area contributed by atoms with E-state index >= 15 is 0 Å². The van der Waals surface area contributed by atoms with Gasteiger partial charge in [0, 0.05) is 25.4 Å². The van der Waals surface area contributed by atoms with E-state index in [4.69, 9.17) is 5.11 Å². The van der Waals surface area contributed by atoms with Gasteiger partial charge in [-0.15, -0.1) is 0 Å². The summed E-state index contributed by atoms with van der Waals surface area (Å²) in [6.45, 7) is 1.99. The zero-order valence-electron chi connectivity index (χ0n) is 10.2. The van der Waals surface area contributed by atoms with E-state index in [1.807, 2.05) is 6.07 Å². The lowest BCUT2D eigenvalue weighted by Gasteiger charge is -2.16. The van der Waals surface area contributed by atoms with Crippen LogP contribution in [0.3, 0.4) is 0 Å². The van der Waals surface area contributed by atoms with E-state index in [1.54, 1.807) is 6.20 Å². The quantitative estimate of drug-likeness (QED) is 0.883. The normalized spacial score (nSPS) is 14.8. The van der Waals surface area contributed by atoms with E-state index in [0.717, 1.165) is 18.9 Å². The summed E-state index contributed by atoms with van der Waals surface area (Å²) in [6.07, 6.45) is 5.40. The van der Waals surface area contributed by atoms with Gasteiger partial charge >= 0.3 is 5.97 Å². The second-order valence-electron chi connectivity index (χ2n) is 4.38. The van der Waals surface area contributed by atoms with Crippen LogP contribution in [0.25, 0.3) is 5.82 Å². The standard InChI is InChI=1S/C12H13N5O2/c18-12(19)9-3-6-17(15-9)11-7-10(13-8-14-11)16-4-1-2-5-16/h3,6-8H,1-2,4-5H2,(H,18,19). The molecule has 3 rings (SSSR count). The van der Waals surface area contributed by atoms with Crippen molar-refractivity contribution >= 4 is 11.8 Å². The number of anilines is 1. The van der Waals surface area contributed by atoms with Crippen LogP contribution in [-0.4, -0.2) is 43.9 Å². The van der Waals surface area contributed by atoms with Gasteiger partial charge in [0.2, 0.25) is 0 Å². The minimum atomic E-state index is -1.05. The molecule has 1 aliphatic heterocycles. The molecule has 2 aromatic rings. The van der Waals surface area contributed by atoms with Crippen molar-refractivity contribution in [2.75, 3.05) is 18.0 Å². The van der Waals surface area contributed by atoms with Gasteiger partial charge in [-0.2, -0.15) is 5.10 Å². The van der Waals surface area contributed by atoms with E-state index in [0.29, 0.717) is 5.82 Å².